The monoisotopic (exact) mass is 588 g/mol. The van der Waals surface area contributed by atoms with Crippen molar-refractivity contribution in [1.29, 1.82) is 5.41 Å². The molecular formula is C19H21BrN6O7S2. The number of nitrogens with one attached hydrogen (secondary N) is 1. The number of hydrogen-bond acceptors (Lipinski definition) is 11. The Labute approximate surface area is 212 Å². The molecule has 1 aliphatic rings. The Morgan fingerprint density at radius 3 is 2.66 bits per heavy atom. The van der Waals surface area contributed by atoms with Crippen LogP contribution in [-0.2, 0) is 24.7 Å². The number of amidine groups is 1. The molecule has 0 spiro atoms. The number of nitrogen functional groups attached to an aromatic ring is 2. The Morgan fingerprint density at radius 1 is 1.40 bits per heavy atom. The van der Waals surface area contributed by atoms with Crippen molar-refractivity contribution in [2.75, 3.05) is 18.9 Å². The van der Waals surface area contributed by atoms with Crippen molar-refractivity contribution in [2.24, 2.45) is 16.8 Å². The van der Waals surface area contributed by atoms with E-state index in [1.165, 1.54) is 12.3 Å². The lowest BCUT2D eigenvalue weighted by molar-refractivity contribution is -0.147. The van der Waals surface area contributed by atoms with E-state index in [4.69, 9.17) is 31.0 Å². The predicted molar refractivity (Wildman–Crippen MR) is 131 cm³/mol. The number of carbonyl (C=O) groups excluding carboxylic acids is 2. The number of rotatable bonds is 11. The van der Waals surface area contributed by atoms with Crippen molar-refractivity contribution in [3.05, 3.63) is 39.3 Å². The van der Waals surface area contributed by atoms with Crippen LogP contribution in [-0.4, -0.2) is 64.8 Å². The van der Waals surface area contributed by atoms with Gasteiger partial charge in [-0.25, -0.2) is 9.29 Å². The molecule has 1 fully saturated rings. The van der Waals surface area contributed by atoms with Crippen molar-refractivity contribution >= 4 is 65.9 Å². The van der Waals surface area contributed by atoms with E-state index in [-0.39, 0.29) is 42.0 Å². The molecule has 0 aliphatic carbocycles. The molecule has 1 aromatic carbocycles. The minimum atomic E-state index is -4.70. The van der Waals surface area contributed by atoms with Crippen molar-refractivity contribution < 1.29 is 32.1 Å². The largest absolute Gasteiger partial charge is 0.489 e. The van der Waals surface area contributed by atoms with Crippen LogP contribution >= 0.6 is 27.3 Å². The zero-order valence-electron chi connectivity index (χ0n) is 18.2. The van der Waals surface area contributed by atoms with Crippen molar-refractivity contribution in [3.63, 3.8) is 0 Å². The van der Waals surface area contributed by atoms with Crippen LogP contribution in [0.1, 0.15) is 24.6 Å². The molecule has 0 saturated carbocycles. The van der Waals surface area contributed by atoms with E-state index in [0.717, 1.165) is 11.3 Å². The summed E-state index contributed by atoms with van der Waals surface area (Å²) in [6.45, 7) is 1.41. The van der Waals surface area contributed by atoms with Gasteiger partial charge in [0, 0.05) is 17.4 Å². The number of ether oxygens (including phenoxy) is 1. The normalized spacial score (nSPS) is 18.2. The van der Waals surface area contributed by atoms with E-state index in [2.05, 4.69) is 26.1 Å². The lowest BCUT2D eigenvalue weighted by Crippen LogP contribution is -2.62. The van der Waals surface area contributed by atoms with Gasteiger partial charge in [0.2, 0.25) is 5.91 Å². The highest BCUT2D eigenvalue weighted by molar-refractivity contribution is 9.10. The molecule has 16 heteroatoms. The van der Waals surface area contributed by atoms with Crippen LogP contribution in [0.15, 0.2) is 33.2 Å². The van der Waals surface area contributed by atoms with Crippen LogP contribution in [0.4, 0.5) is 5.13 Å². The number of carbonyl (C=O) groups is 2. The molecule has 0 bridgehead atoms. The molecule has 188 valence electrons. The fourth-order valence-electron chi connectivity index (χ4n) is 3.25. The minimum absolute atomic E-state index is 0.0490. The maximum atomic E-state index is 12.9. The van der Waals surface area contributed by atoms with Crippen molar-refractivity contribution in [3.8, 4) is 5.75 Å². The standard InChI is InChI=1S/C19H21BrN6O7S2/c1-9-11(18(28)26(9)35(29,30)31)7-14(27)16(13-8-34-19(23)24-13)25-33-5-4-32-15-3-2-10(17(21)22)6-12(15)20/h2-3,6,8-9,11H,4-5,7H2,1H3,(H3,21,22)(H2,23,24)(H,29,30,31)/b25-16-/t9-,11-/m0/s1. The second-order valence-electron chi connectivity index (χ2n) is 7.34. The average molecular weight is 589 g/mol. The third-order valence-corrected chi connectivity index (χ3v) is 7.30. The lowest BCUT2D eigenvalue weighted by Gasteiger charge is -2.41. The molecule has 2 atom stereocenters. The quantitative estimate of drug-likeness (QED) is 0.0734. The number of Topliss-reactive ketones (excluding diaryl/α,β-unsaturated/α-hetero) is 1. The summed E-state index contributed by atoms with van der Waals surface area (Å²) in [5, 5.41) is 13.0. The number of ketones is 1. The average Bonchev–Trinajstić information content (AvgIpc) is 3.20. The lowest BCUT2D eigenvalue weighted by atomic mass is 9.86. The molecule has 6 N–H and O–H groups in total. The van der Waals surface area contributed by atoms with Crippen LogP contribution in [0.3, 0.4) is 0 Å². The number of hydrogen-bond donors (Lipinski definition) is 4. The maximum absolute atomic E-state index is 12.9. The Bertz CT molecular complexity index is 1300. The highest BCUT2D eigenvalue weighted by Crippen LogP contribution is 2.32. The van der Waals surface area contributed by atoms with Crippen LogP contribution in [0.25, 0.3) is 0 Å². The summed E-state index contributed by atoms with van der Waals surface area (Å²) in [7, 11) is -4.70. The number of halogens is 1. The first-order chi connectivity index (χ1) is 16.4. The summed E-state index contributed by atoms with van der Waals surface area (Å²) in [5.41, 5.74) is 11.6. The third-order valence-electron chi connectivity index (χ3n) is 5.00. The van der Waals surface area contributed by atoms with E-state index in [1.54, 1.807) is 18.2 Å². The van der Waals surface area contributed by atoms with Gasteiger partial charge in [0.25, 0.3) is 0 Å². The van der Waals surface area contributed by atoms with Gasteiger partial charge in [-0.1, -0.05) is 5.16 Å². The first-order valence-electron chi connectivity index (χ1n) is 9.92. The SMILES string of the molecule is C[C@H]1[C@H](CC(=O)/C(=N\OCCOc2ccc(C(=N)N)cc2Br)c2csc(N)n2)C(=O)N1S(=O)(=O)O. The molecule has 1 aromatic heterocycles. The van der Waals surface area contributed by atoms with E-state index in [0.29, 0.717) is 20.1 Å². The Morgan fingerprint density at radius 2 is 2.11 bits per heavy atom. The summed E-state index contributed by atoms with van der Waals surface area (Å²) in [4.78, 5) is 34.3. The summed E-state index contributed by atoms with van der Waals surface area (Å²) < 4.78 is 38.2. The Balaban J connectivity index is 1.64. The highest BCUT2D eigenvalue weighted by Gasteiger charge is 2.51. The van der Waals surface area contributed by atoms with Crippen molar-refractivity contribution in [2.45, 2.75) is 19.4 Å². The molecule has 2 heterocycles. The van der Waals surface area contributed by atoms with Crippen LogP contribution in [0.5, 0.6) is 5.75 Å². The highest BCUT2D eigenvalue weighted by atomic mass is 79.9. The van der Waals surface area contributed by atoms with E-state index in [9.17, 15) is 18.0 Å². The molecule has 3 rings (SSSR count). The van der Waals surface area contributed by atoms with Crippen LogP contribution < -0.4 is 16.2 Å². The Kier molecular flexibility index (Phi) is 8.09. The minimum Gasteiger partial charge on any atom is -0.489 e. The van der Waals surface area contributed by atoms with Gasteiger partial charge in [-0.2, -0.15) is 8.42 Å². The number of oxime groups is 1. The Hall–Kier alpha value is -3.08. The van der Waals surface area contributed by atoms with Gasteiger partial charge in [-0.05, 0) is 41.1 Å². The van der Waals surface area contributed by atoms with Gasteiger partial charge in [0.15, 0.2) is 23.2 Å². The summed E-state index contributed by atoms with van der Waals surface area (Å²) >= 11 is 4.40. The fraction of sp³-hybridized carbons (Fsp3) is 0.316. The second-order valence-corrected chi connectivity index (χ2v) is 10.4. The van der Waals surface area contributed by atoms with Gasteiger partial charge in [-0.15, -0.1) is 11.3 Å². The first kappa shape index (κ1) is 26.5. The fourth-order valence-corrected chi connectivity index (χ4v) is 5.22. The summed E-state index contributed by atoms with van der Waals surface area (Å²) in [6.07, 6.45) is -0.364. The van der Waals surface area contributed by atoms with Crippen molar-refractivity contribution in [1.82, 2.24) is 9.29 Å². The number of β-lactam (4-membered cyclic amide) rings is 1. The molecule has 35 heavy (non-hydrogen) atoms. The van der Waals surface area contributed by atoms with E-state index >= 15 is 0 Å². The summed E-state index contributed by atoms with van der Waals surface area (Å²) in [6, 6.07) is 3.98. The molecule has 1 amide bonds. The number of anilines is 1. The van der Waals surface area contributed by atoms with Gasteiger partial charge in [-0.3, -0.25) is 19.6 Å². The number of thiazole rings is 1. The molecular weight excluding hydrogens is 568 g/mol. The number of nitrogens with two attached hydrogens (primary N) is 2. The zero-order chi connectivity index (χ0) is 25.9. The number of aromatic nitrogens is 1. The molecule has 1 aliphatic heterocycles. The number of benzene rings is 1. The zero-order valence-corrected chi connectivity index (χ0v) is 21.4. The second kappa shape index (κ2) is 10.7. The van der Waals surface area contributed by atoms with Gasteiger partial charge >= 0.3 is 10.3 Å². The maximum Gasteiger partial charge on any atom is 0.362 e. The van der Waals surface area contributed by atoms with Gasteiger partial charge < -0.3 is 21.0 Å². The topological polar surface area (TPSA) is 211 Å². The van der Waals surface area contributed by atoms with Crippen LogP contribution in [0, 0.1) is 11.3 Å². The number of nitrogens with zero attached hydrogens (tertiary/aromatic N) is 3. The van der Waals surface area contributed by atoms with E-state index < -0.39 is 34.0 Å². The van der Waals surface area contributed by atoms with E-state index in [1.807, 2.05) is 0 Å². The van der Waals surface area contributed by atoms with Crippen LogP contribution in [0.2, 0.25) is 0 Å². The third kappa shape index (κ3) is 6.14. The molecule has 13 nitrogen and oxygen atoms in total. The predicted octanol–water partition coefficient (Wildman–Crippen LogP) is 1.18. The smallest absolute Gasteiger partial charge is 0.362 e. The molecule has 2 aromatic rings. The summed E-state index contributed by atoms with van der Waals surface area (Å²) in [5.74, 6) is -2.06. The first-order valence-corrected chi connectivity index (χ1v) is 13.0. The van der Waals surface area contributed by atoms with Gasteiger partial charge in [0.05, 0.1) is 16.4 Å². The molecule has 0 radical (unpaired) electrons. The number of amides is 1. The molecule has 1 saturated heterocycles. The molecule has 0 unspecified atom stereocenters. The van der Waals surface area contributed by atoms with Gasteiger partial charge in [0.1, 0.15) is 23.9 Å².